The first-order valence-electron chi connectivity index (χ1n) is 16.6. The summed E-state index contributed by atoms with van der Waals surface area (Å²) in [4.78, 5) is 68.0. The van der Waals surface area contributed by atoms with Crippen molar-refractivity contribution in [1.29, 1.82) is 0 Å². The van der Waals surface area contributed by atoms with Crippen LogP contribution in [0.1, 0.15) is 81.1 Å². The molecule has 1 aromatic rings. The molecule has 3 aliphatic rings. The molecule has 3 fully saturated rings. The second-order valence-corrected chi connectivity index (χ2v) is 18.6. The van der Waals surface area contributed by atoms with Crippen molar-refractivity contribution in [2.75, 3.05) is 12.3 Å². The Morgan fingerprint density at radius 2 is 1.55 bits per heavy atom. The van der Waals surface area contributed by atoms with E-state index in [2.05, 4.69) is 24.5 Å². The maximum Gasteiger partial charge on any atom is 0.315 e. The van der Waals surface area contributed by atoms with Crippen molar-refractivity contribution in [3.8, 4) is 0 Å². The first-order valence-corrected chi connectivity index (χ1v) is 18.2. The Balaban J connectivity index is 1.54. The predicted molar refractivity (Wildman–Crippen MR) is 178 cm³/mol. The molecule has 0 radical (unpaired) electrons. The molecule has 47 heavy (non-hydrogen) atoms. The summed E-state index contributed by atoms with van der Waals surface area (Å²) in [6.07, 6.45) is 2.14. The van der Waals surface area contributed by atoms with Crippen molar-refractivity contribution in [1.82, 2.24) is 15.5 Å². The molecule has 4 amide bonds. The quantitative estimate of drug-likeness (QED) is 0.269. The number of likely N-dealkylation sites (tertiary alicyclic amines) is 1. The fourth-order valence-corrected chi connectivity index (χ4v) is 8.87. The smallest absolute Gasteiger partial charge is 0.315 e. The van der Waals surface area contributed by atoms with Crippen molar-refractivity contribution < 1.29 is 32.4 Å². The van der Waals surface area contributed by atoms with Crippen LogP contribution < -0.4 is 16.4 Å². The van der Waals surface area contributed by atoms with Crippen molar-refractivity contribution >= 4 is 39.2 Å². The Morgan fingerprint density at radius 1 is 0.957 bits per heavy atom. The van der Waals surface area contributed by atoms with E-state index >= 15 is 0 Å². The van der Waals surface area contributed by atoms with Crippen LogP contribution >= 0.6 is 0 Å². The van der Waals surface area contributed by atoms with Crippen LogP contribution in [-0.2, 0) is 29.0 Å². The van der Waals surface area contributed by atoms with Crippen molar-refractivity contribution in [2.45, 2.75) is 104 Å². The van der Waals surface area contributed by atoms with E-state index in [1.807, 2.05) is 41.5 Å². The molecule has 2 saturated carbocycles. The Kier molecular flexibility index (Phi) is 10.1. The summed E-state index contributed by atoms with van der Waals surface area (Å²) < 4.78 is 26.5. The van der Waals surface area contributed by atoms with Gasteiger partial charge in [0.2, 0.25) is 11.7 Å². The predicted octanol–water partition coefficient (Wildman–Crippen LogP) is 3.50. The number of sulfone groups is 1. The highest BCUT2D eigenvalue weighted by Gasteiger charge is 2.69. The number of primary amides is 1. The highest BCUT2D eigenvalue weighted by atomic mass is 32.2. The lowest BCUT2D eigenvalue weighted by Gasteiger charge is -2.38. The molecule has 260 valence electrons. The molecule has 1 heterocycles. The number of nitrogens with one attached hydrogen (secondary N) is 2. The molecule has 0 bridgehead atoms. The summed E-state index contributed by atoms with van der Waals surface area (Å²) in [7, 11) is -3.74. The largest absolute Gasteiger partial charge is 0.363 e. The van der Waals surface area contributed by atoms with Gasteiger partial charge in [0.15, 0.2) is 15.6 Å². The van der Waals surface area contributed by atoms with Crippen LogP contribution in [0.5, 0.6) is 0 Å². The molecule has 1 aliphatic heterocycles. The molecule has 6 atom stereocenters. The summed E-state index contributed by atoms with van der Waals surface area (Å²) in [5, 5.41) is 5.64. The number of hydrogen-bond donors (Lipinski definition) is 3. The summed E-state index contributed by atoms with van der Waals surface area (Å²) in [5.74, 6) is -3.38. The Labute approximate surface area is 279 Å². The van der Waals surface area contributed by atoms with Crippen LogP contribution in [0.3, 0.4) is 0 Å². The number of benzene rings is 1. The van der Waals surface area contributed by atoms with Gasteiger partial charge in [-0.3, -0.25) is 19.2 Å². The van der Waals surface area contributed by atoms with E-state index in [9.17, 15) is 32.4 Å². The number of Topliss-reactive ketones (excluding diaryl/α,β-unsaturated/α-hetero) is 2. The van der Waals surface area contributed by atoms with E-state index in [-0.39, 0.29) is 46.0 Å². The number of nitrogens with zero attached hydrogens (tertiary/aromatic N) is 1. The molecule has 11 nitrogen and oxygen atoms in total. The first kappa shape index (κ1) is 36.6. The van der Waals surface area contributed by atoms with Crippen molar-refractivity contribution in [2.24, 2.45) is 45.7 Å². The molecular formula is C35H52N4O7S. The number of fused-ring (bicyclic) bond motifs is 1. The third kappa shape index (κ3) is 8.24. The summed E-state index contributed by atoms with van der Waals surface area (Å²) in [6, 6.07) is 4.73. The zero-order chi connectivity index (χ0) is 35.3. The molecule has 4 N–H and O–H groups in total. The Hall–Kier alpha value is -3.28. The zero-order valence-electron chi connectivity index (χ0n) is 29.0. The van der Waals surface area contributed by atoms with Gasteiger partial charge in [0, 0.05) is 24.9 Å². The summed E-state index contributed by atoms with van der Waals surface area (Å²) >= 11 is 0. The molecule has 2 aliphatic carbocycles. The zero-order valence-corrected chi connectivity index (χ0v) is 29.8. The highest BCUT2D eigenvalue weighted by molar-refractivity contribution is 7.91. The maximum atomic E-state index is 14.3. The van der Waals surface area contributed by atoms with Gasteiger partial charge in [-0.05, 0) is 52.6 Å². The number of carbonyl (C=O) groups excluding carboxylic acids is 5. The van der Waals surface area contributed by atoms with E-state index in [4.69, 9.17) is 5.73 Å². The minimum atomic E-state index is -3.74. The normalized spacial score (nSPS) is 24.0. The lowest BCUT2D eigenvalue weighted by atomic mass is 9.84. The van der Waals surface area contributed by atoms with Gasteiger partial charge in [-0.25, -0.2) is 13.2 Å². The lowest BCUT2D eigenvalue weighted by molar-refractivity contribution is -0.144. The molecule has 1 aromatic carbocycles. The summed E-state index contributed by atoms with van der Waals surface area (Å²) in [6.45, 7) is 15.4. The van der Waals surface area contributed by atoms with Gasteiger partial charge < -0.3 is 21.3 Å². The Bertz CT molecular complexity index is 1510. The molecule has 1 unspecified atom stereocenters. The third-order valence-corrected chi connectivity index (χ3v) is 12.2. The number of piperidine rings is 1. The highest BCUT2D eigenvalue weighted by Crippen LogP contribution is 2.65. The number of hydrogen-bond acceptors (Lipinski definition) is 7. The van der Waals surface area contributed by atoms with Crippen molar-refractivity contribution in [3.05, 3.63) is 30.3 Å². The fourth-order valence-electron chi connectivity index (χ4n) is 7.08. The maximum absolute atomic E-state index is 14.3. The van der Waals surface area contributed by atoms with E-state index in [0.717, 1.165) is 12.8 Å². The second-order valence-electron chi connectivity index (χ2n) is 16.6. The van der Waals surface area contributed by atoms with Crippen LogP contribution in [0.25, 0.3) is 0 Å². The van der Waals surface area contributed by atoms with Crippen LogP contribution in [0, 0.1) is 39.9 Å². The SMILES string of the molecule is CC(C)(C)[C@H](NC(=O)N[C@H](CS(=O)(=O)c1ccccc1)C(C)(C)C)C(=O)N1C[C@H]2[C@@H]([C@H]1C(=O)CC(CC1CC1)C(=O)C(N)=O)C2(C)C. The minimum Gasteiger partial charge on any atom is -0.363 e. The lowest BCUT2D eigenvalue weighted by Crippen LogP contribution is -2.61. The standard InChI is InChI=1S/C35H52N4O7S/c1-33(2,3)25(19-47(45,46)22-12-10-9-11-13-22)37-32(44)38-29(34(4,5)6)31(43)39-18-23-26(35(23,7)8)27(39)24(40)17-21(16-20-14-15-20)28(41)30(36)42/h9-13,20-21,23,25-27,29H,14-19H2,1-8H3,(H2,36,42)(H2,37,38,44)/t21?,23-,25+,26-,27+,29+/m0/s1. The molecule has 4 rings (SSSR count). The number of ketones is 2. The number of urea groups is 1. The molecule has 1 saturated heterocycles. The van der Waals surface area contributed by atoms with Crippen LogP contribution in [0.2, 0.25) is 0 Å². The van der Waals surface area contributed by atoms with Crippen LogP contribution in [-0.4, -0.2) is 73.2 Å². The first-order chi connectivity index (χ1) is 21.6. The summed E-state index contributed by atoms with van der Waals surface area (Å²) in [5.41, 5.74) is 3.74. The number of nitrogens with two attached hydrogens (primary N) is 1. The molecule has 0 aromatic heterocycles. The van der Waals surface area contributed by atoms with E-state index in [0.29, 0.717) is 13.0 Å². The minimum absolute atomic E-state index is 0.0806. The molecular weight excluding hydrogens is 620 g/mol. The monoisotopic (exact) mass is 672 g/mol. The van der Waals surface area contributed by atoms with Crippen LogP contribution in [0.15, 0.2) is 35.2 Å². The van der Waals surface area contributed by atoms with Crippen LogP contribution in [0.4, 0.5) is 4.79 Å². The fraction of sp³-hybridized carbons (Fsp3) is 0.686. The van der Waals surface area contributed by atoms with E-state index in [1.165, 1.54) is 12.1 Å². The van der Waals surface area contributed by atoms with E-state index in [1.54, 1.807) is 23.1 Å². The molecule has 12 heteroatoms. The average molecular weight is 673 g/mol. The number of amides is 4. The Morgan fingerprint density at radius 3 is 2.06 bits per heavy atom. The number of carbonyl (C=O) groups is 5. The van der Waals surface area contributed by atoms with Gasteiger partial charge in [-0.1, -0.05) is 86.4 Å². The average Bonchev–Trinajstić information content (AvgIpc) is 3.81. The van der Waals surface area contributed by atoms with Crippen molar-refractivity contribution in [3.63, 3.8) is 0 Å². The van der Waals surface area contributed by atoms with Gasteiger partial charge in [0.1, 0.15) is 6.04 Å². The van der Waals surface area contributed by atoms with Gasteiger partial charge >= 0.3 is 6.03 Å². The van der Waals surface area contributed by atoms with E-state index < -0.39 is 68.3 Å². The number of rotatable bonds is 13. The van der Waals surface area contributed by atoms with Gasteiger partial charge in [0.25, 0.3) is 5.91 Å². The topological polar surface area (TPSA) is 173 Å². The van der Waals surface area contributed by atoms with Gasteiger partial charge in [0.05, 0.1) is 16.7 Å². The van der Waals surface area contributed by atoms with Gasteiger partial charge in [-0.2, -0.15) is 0 Å². The second kappa shape index (κ2) is 13.0. The molecule has 0 spiro atoms. The third-order valence-electron chi connectivity index (χ3n) is 10.4. The van der Waals surface area contributed by atoms with Gasteiger partial charge in [-0.15, -0.1) is 0 Å².